The highest BCUT2D eigenvalue weighted by molar-refractivity contribution is 5.79. The van der Waals surface area contributed by atoms with Gasteiger partial charge < -0.3 is 14.5 Å². The summed E-state index contributed by atoms with van der Waals surface area (Å²) in [6.07, 6.45) is 0.806. The third-order valence-electron chi connectivity index (χ3n) is 3.36. The highest BCUT2D eigenvalue weighted by atomic mass is 16.5. The molecule has 21 heavy (non-hydrogen) atoms. The summed E-state index contributed by atoms with van der Waals surface area (Å²) in [6.45, 7) is 3.04. The lowest BCUT2D eigenvalue weighted by atomic mass is 10.1. The van der Waals surface area contributed by atoms with E-state index in [1.165, 1.54) is 5.56 Å². The Kier molecular flexibility index (Phi) is 7.46. The summed E-state index contributed by atoms with van der Waals surface area (Å²) in [5, 5.41) is 0. The third kappa shape index (κ3) is 6.40. The molecule has 0 unspecified atom stereocenters. The monoisotopic (exact) mass is 292 g/mol. The molecular formula is C16H24N2O3. The minimum Gasteiger partial charge on any atom is -0.362 e. The van der Waals surface area contributed by atoms with Crippen molar-refractivity contribution in [2.75, 3.05) is 40.4 Å². The minimum absolute atomic E-state index is 0.0530. The number of likely N-dealkylation sites (N-methyl/N-ethyl adjacent to an activating group) is 2. The summed E-state index contributed by atoms with van der Waals surface area (Å²) in [6, 6.07) is 10.0. The Morgan fingerprint density at radius 1 is 1.00 bits per heavy atom. The van der Waals surface area contributed by atoms with Crippen LogP contribution in [0.1, 0.15) is 12.5 Å². The predicted molar refractivity (Wildman–Crippen MR) is 81.9 cm³/mol. The Bertz CT molecular complexity index is 448. The average Bonchev–Trinajstić information content (AvgIpc) is 2.52. The molecule has 0 heterocycles. The van der Waals surface area contributed by atoms with Gasteiger partial charge >= 0.3 is 0 Å². The van der Waals surface area contributed by atoms with Crippen molar-refractivity contribution in [1.82, 2.24) is 9.80 Å². The van der Waals surface area contributed by atoms with Gasteiger partial charge in [-0.2, -0.15) is 0 Å². The number of amides is 2. The minimum atomic E-state index is -0.114. The van der Waals surface area contributed by atoms with Gasteiger partial charge in [0.15, 0.2) is 0 Å². The number of hydrogen-bond acceptors (Lipinski definition) is 3. The highest BCUT2D eigenvalue weighted by Crippen LogP contribution is 2.01. The van der Waals surface area contributed by atoms with Crippen LogP contribution in [-0.4, -0.2) is 62.0 Å². The van der Waals surface area contributed by atoms with E-state index >= 15 is 0 Å². The van der Waals surface area contributed by atoms with Gasteiger partial charge in [0.1, 0.15) is 13.2 Å². The van der Waals surface area contributed by atoms with Crippen molar-refractivity contribution in [1.29, 1.82) is 0 Å². The van der Waals surface area contributed by atoms with E-state index in [1.54, 1.807) is 23.9 Å². The molecule has 0 aliphatic rings. The van der Waals surface area contributed by atoms with Crippen molar-refractivity contribution < 1.29 is 14.3 Å². The van der Waals surface area contributed by atoms with Gasteiger partial charge in [0, 0.05) is 27.2 Å². The van der Waals surface area contributed by atoms with Gasteiger partial charge in [0.25, 0.3) is 0 Å². The molecule has 1 aromatic carbocycles. The highest BCUT2D eigenvalue weighted by Gasteiger charge is 2.11. The van der Waals surface area contributed by atoms with Crippen LogP contribution in [0.5, 0.6) is 0 Å². The van der Waals surface area contributed by atoms with Crippen molar-refractivity contribution in [3.05, 3.63) is 35.9 Å². The molecule has 0 spiro atoms. The maximum absolute atomic E-state index is 11.9. The van der Waals surface area contributed by atoms with Crippen LogP contribution in [0.15, 0.2) is 30.3 Å². The Morgan fingerprint density at radius 2 is 1.57 bits per heavy atom. The van der Waals surface area contributed by atoms with Crippen molar-refractivity contribution in [3.8, 4) is 0 Å². The van der Waals surface area contributed by atoms with E-state index in [9.17, 15) is 9.59 Å². The van der Waals surface area contributed by atoms with E-state index in [0.29, 0.717) is 13.1 Å². The average molecular weight is 292 g/mol. The topological polar surface area (TPSA) is 49.9 Å². The van der Waals surface area contributed by atoms with Crippen LogP contribution in [0.3, 0.4) is 0 Å². The van der Waals surface area contributed by atoms with E-state index < -0.39 is 0 Å². The molecule has 0 saturated heterocycles. The molecule has 0 radical (unpaired) electrons. The van der Waals surface area contributed by atoms with Gasteiger partial charge in [-0.25, -0.2) is 0 Å². The van der Waals surface area contributed by atoms with E-state index in [1.807, 2.05) is 37.3 Å². The number of rotatable bonds is 8. The normalized spacial score (nSPS) is 10.2. The van der Waals surface area contributed by atoms with Crippen molar-refractivity contribution in [2.24, 2.45) is 0 Å². The van der Waals surface area contributed by atoms with E-state index in [4.69, 9.17) is 4.74 Å². The van der Waals surface area contributed by atoms with Gasteiger partial charge in [-0.15, -0.1) is 0 Å². The number of carbonyl (C=O) groups is 2. The SMILES string of the molecule is CCN(C)C(=O)COCC(=O)N(C)CCc1ccccc1. The second-order valence-corrected chi connectivity index (χ2v) is 4.95. The van der Waals surface area contributed by atoms with Gasteiger partial charge in [-0.1, -0.05) is 30.3 Å². The van der Waals surface area contributed by atoms with Crippen LogP contribution in [0, 0.1) is 0 Å². The second-order valence-electron chi connectivity index (χ2n) is 4.95. The first-order valence-corrected chi connectivity index (χ1v) is 7.14. The van der Waals surface area contributed by atoms with Crippen molar-refractivity contribution in [2.45, 2.75) is 13.3 Å². The Labute approximate surface area is 126 Å². The molecule has 2 amide bonds. The molecule has 0 fully saturated rings. The fourth-order valence-electron chi connectivity index (χ4n) is 1.69. The Balaban J connectivity index is 2.24. The lowest BCUT2D eigenvalue weighted by Crippen LogP contribution is -2.35. The van der Waals surface area contributed by atoms with Crippen LogP contribution in [-0.2, 0) is 20.7 Å². The van der Waals surface area contributed by atoms with Crippen LogP contribution in [0.25, 0.3) is 0 Å². The first kappa shape index (κ1) is 17.2. The largest absolute Gasteiger partial charge is 0.362 e. The maximum Gasteiger partial charge on any atom is 0.248 e. The van der Waals surface area contributed by atoms with Crippen LogP contribution in [0.4, 0.5) is 0 Å². The summed E-state index contributed by atoms with van der Waals surface area (Å²) < 4.78 is 5.17. The molecule has 0 bridgehead atoms. The lowest BCUT2D eigenvalue weighted by Gasteiger charge is -2.18. The molecule has 0 aliphatic heterocycles. The molecule has 0 aromatic heterocycles. The first-order valence-electron chi connectivity index (χ1n) is 7.14. The van der Waals surface area contributed by atoms with Gasteiger partial charge in [0.05, 0.1) is 0 Å². The summed E-state index contributed by atoms with van der Waals surface area (Å²) in [5.41, 5.74) is 1.19. The molecule has 1 aromatic rings. The number of benzene rings is 1. The summed E-state index contributed by atoms with van der Waals surface area (Å²) >= 11 is 0. The maximum atomic E-state index is 11.9. The number of nitrogens with zero attached hydrogens (tertiary/aromatic N) is 2. The predicted octanol–water partition coefficient (Wildman–Crippen LogP) is 1.18. The molecule has 0 aliphatic carbocycles. The van der Waals surface area contributed by atoms with E-state index in [0.717, 1.165) is 6.42 Å². The van der Waals surface area contributed by atoms with E-state index in [2.05, 4.69) is 0 Å². The summed E-state index contributed by atoms with van der Waals surface area (Å²) in [5.74, 6) is -0.227. The van der Waals surface area contributed by atoms with Gasteiger partial charge in [0.2, 0.25) is 11.8 Å². The van der Waals surface area contributed by atoms with Gasteiger partial charge in [-0.3, -0.25) is 9.59 Å². The van der Waals surface area contributed by atoms with Crippen molar-refractivity contribution >= 4 is 11.8 Å². The molecule has 116 valence electrons. The second kappa shape index (κ2) is 9.13. The number of carbonyl (C=O) groups excluding carboxylic acids is 2. The van der Waals surface area contributed by atoms with E-state index in [-0.39, 0.29) is 25.0 Å². The first-order chi connectivity index (χ1) is 10.0. The summed E-state index contributed by atoms with van der Waals surface area (Å²) in [4.78, 5) is 26.6. The zero-order chi connectivity index (χ0) is 15.7. The molecule has 0 atom stereocenters. The molecule has 5 nitrogen and oxygen atoms in total. The van der Waals surface area contributed by atoms with Crippen LogP contribution in [0.2, 0.25) is 0 Å². The molecule has 0 saturated carbocycles. The smallest absolute Gasteiger partial charge is 0.248 e. The molecule has 0 N–H and O–H groups in total. The lowest BCUT2D eigenvalue weighted by molar-refractivity contribution is -0.140. The molecule has 5 heteroatoms. The zero-order valence-corrected chi connectivity index (χ0v) is 13.0. The van der Waals surface area contributed by atoms with Crippen molar-refractivity contribution in [3.63, 3.8) is 0 Å². The zero-order valence-electron chi connectivity index (χ0n) is 13.0. The number of ether oxygens (including phenoxy) is 1. The summed E-state index contributed by atoms with van der Waals surface area (Å²) in [7, 11) is 3.45. The van der Waals surface area contributed by atoms with Gasteiger partial charge in [-0.05, 0) is 18.9 Å². The molecule has 1 rings (SSSR count). The quantitative estimate of drug-likeness (QED) is 0.723. The standard InChI is InChI=1S/C16H24N2O3/c1-4-17(2)15(19)12-21-13-16(20)18(3)11-10-14-8-6-5-7-9-14/h5-9H,4,10-13H2,1-3H3. The Hall–Kier alpha value is -1.88. The molecular weight excluding hydrogens is 268 g/mol. The van der Waals surface area contributed by atoms with Crippen LogP contribution < -0.4 is 0 Å². The fourth-order valence-corrected chi connectivity index (χ4v) is 1.69. The third-order valence-corrected chi connectivity index (χ3v) is 3.36. The number of hydrogen-bond donors (Lipinski definition) is 0. The van der Waals surface area contributed by atoms with Crippen LogP contribution >= 0.6 is 0 Å². The Morgan fingerprint density at radius 3 is 2.14 bits per heavy atom. The fraction of sp³-hybridized carbons (Fsp3) is 0.500.